The summed E-state index contributed by atoms with van der Waals surface area (Å²) in [6.07, 6.45) is 6.18. The van der Waals surface area contributed by atoms with Gasteiger partial charge in [-0.25, -0.2) is 0 Å². The van der Waals surface area contributed by atoms with Crippen molar-refractivity contribution in [3.63, 3.8) is 0 Å². The third kappa shape index (κ3) is 3.62. The first-order valence-corrected chi connectivity index (χ1v) is 5.27. The zero-order valence-corrected chi connectivity index (χ0v) is 8.71. The normalized spacial score (nSPS) is 9.71. The number of aryl methyl sites for hydroxylation is 1. The molecule has 0 aliphatic heterocycles. The van der Waals surface area contributed by atoms with Crippen molar-refractivity contribution in [2.24, 2.45) is 0 Å². The van der Waals surface area contributed by atoms with Gasteiger partial charge in [-0.2, -0.15) is 5.26 Å². The van der Waals surface area contributed by atoms with Crippen molar-refractivity contribution < 1.29 is 0 Å². The van der Waals surface area contributed by atoms with Gasteiger partial charge in [0.25, 0.3) is 0 Å². The Labute approximate surface area is 86.4 Å². The largest absolute Gasteiger partial charge is 0.192 e. The van der Waals surface area contributed by atoms with E-state index in [0.29, 0.717) is 5.56 Å². The molecule has 0 N–H and O–H groups in total. The van der Waals surface area contributed by atoms with Crippen LogP contribution in [0.15, 0.2) is 18.2 Å². The van der Waals surface area contributed by atoms with Gasteiger partial charge in [0, 0.05) is 6.07 Å². The van der Waals surface area contributed by atoms with Crippen molar-refractivity contribution in [2.45, 2.75) is 39.0 Å². The van der Waals surface area contributed by atoms with E-state index >= 15 is 0 Å². The van der Waals surface area contributed by atoms with E-state index in [9.17, 15) is 0 Å². The molecule has 1 aromatic rings. The van der Waals surface area contributed by atoms with Crippen LogP contribution in [0.4, 0.5) is 0 Å². The van der Waals surface area contributed by atoms with Crippen LogP contribution in [0.5, 0.6) is 0 Å². The molecule has 1 heteroatoms. The second-order valence-electron chi connectivity index (χ2n) is 3.53. The minimum atomic E-state index is 0.651. The number of nitriles is 1. The summed E-state index contributed by atoms with van der Waals surface area (Å²) in [5, 5.41) is 8.69. The van der Waals surface area contributed by atoms with Gasteiger partial charge in [-0.05, 0) is 24.5 Å². The molecule has 1 rings (SSSR count). The summed E-state index contributed by atoms with van der Waals surface area (Å²) < 4.78 is 0. The summed E-state index contributed by atoms with van der Waals surface area (Å²) in [6, 6.07) is 10.8. The van der Waals surface area contributed by atoms with Crippen LogP contribution in [-0.4, -0.2) is 0 Å². The van der Waals surface area contributed by atoms with Crippen LogP contribution in [0.1, 0.15) is 43.7 Å². The van der Waals surface area contributed by atoms with Crippen LogP contribution in [0.3, 0.4) is 0 Å². The van der Waals surface area contributed by atoms with Crippen LogP contribution in [0.2, 0.25) is 0 Å². The third-order valence-corrected chi connectivity index (χ3v) is 2.31. The number of hydrogen-bond acceptors (Lipinski definition) is 1. The fourth-order valence-electron chi connectivity index (χ4n) is 1.49. The number of rotatable bonds is 5. The van der Waals surface area contributed by atoms with Crippen LogP contribution in [0, 0.1) is 17.4 Å². The molecule has 1 aromatic carbocycles. The Morgan fingerprint density at radius 3 is 2.93 bits per heavy atom. The molecule has 1 nitrogen and oxygen atoms in total. The van der Waals surface area contributed by atoms with Crippen molar-refractivity contribution in [3.8, 4) is 6.07 Å². The van der Waals surface area contributed by atoms with E-state index in [4.69, 9.17) is 5.26 Å². The summed E-state index contributed by atoms with van der Waals surface area (Å²) in [4.78, 5) is 0. The summed E-state index contributed by atoms with van der Waals surface area (Å²) in [6.45, 7) is 2.21. The highest BCUT2D eigenvalue weighted by Gasteiger charge is 1.95. The molecule has 0 heterocycles. The lowest BCUT2D eigenvalue weighted by atomic mass is 10.0. The number of hydrogen-bond donors (Lipinski definition) is 0. The van der Waals surface area contributed by atoms with Gasteiger partial charge in [-0.1, -0.05) is 38.3 Å². The molecule has 0 amide bonds. The molecule has 0 saturated heterocycles. The summed E-state index contributed by atoms with van der Waals surface area (Å²) in [7, 11) is 0. The van der Waals surface area contributed by atoms with Gasteiger partial charge in [0.2, 0.25) is 0 Å². The quantitative estimate of drug-likeness (QED) is 0.646. The fraction of sp³-hybridized carbons (Fsp3) is 0.462. The van der Waals surface area contributed by atoms with Crippen molar-refractivity contribution >= 4 is 0 Å². The highest BCUT2D eigenvalue weighted by Crippen LogP contribution is 2.09. The lowest BCUT2D eigenvalue weighted by Gasteiger charge is -2.00. The van der Waals surface area contributed by atoms with Crippen LogP contribution < -0.4 is 0 Å². The fourth-order valence-corrected chi connectivity index (χ4v) is 1.49. The van der Waals surface area contributed by atoms with E-state index in [0.717, 1.165) is 6.42 Å². The lowest BCUT2D eigenvalue weighted by Crippen LogP contribution is -1.87. The Balaban J connectivity index is 2.39. The van der Waals surface area contributed by atoms with E-state index in [1.807, 2.05) is 18.2 Å². The minimum Gasteiger partial charge on any atom is -0.192 e. The Kier molecular flexibility index (Phi) is 4.78. The highest BCUT2D eigenvalue weighted by molar-refractivity contribution is 5.31. The molecular weight excluding hydrogens is 170 g/mol. The topological polar surface area (TPSA) is 23.8 Å². The molecular formula is C13H16N. The van der Waals surface area contributed by atoms with E-state index in [1.165, 1.54) is 31.2 Å². The minimum absolute atomic E-state index is 0.651. The average Bonchev–Trinajstić information content (AvgIpc) is 2.25. The van der Waals surface area contributed by atoms with E-state index in [1.54, 1.807) is 0 Å². The van der Waals surface area contributed by atoms with Gasteiger partial charge < -0.3 is 0 Å². The summed E-state index contributed by atoms with van der Waals surface area (Å²) in [5.41, 5.74) is 1.91. The van der Waals surface area contributed by atoms with Crippen molar-refractivity contribution in [1.29, 1.82) is 5.26 Å². The third-order valence-electron chi connectivity index (χ3n) is 2.31. The first-order chi connectivity index (χ1) is 6.86. The van der Waals surface area contributed by atoms with Crippen molar-refractivity contribution in [3.05, 3.63) is 35.4 Å². The maximum Gasteiger partial charge on any atom is 0.0998 e. The van der Waals surface area contributed by atoms with E-state index in [2.05, 4.69) is 19.1 Å². The Morgan fingerprint density at radius 2 is 2.21 bits per heavy atom. The van der Waals surface area contributed by atoms with Crippen molar-refractivity contribution in [1.82, 2.24) is 0 Å². The number of unbranched alkanes of at least 4 members (excludes halogenated alkanes) is 3. The highest BCUT2D eigenvalue weighted by atomic mass is 14.2. The van der Waals surface area contributed by atoms with Gasteiger partial charge >= 0.3 is 0 Å². The molecule has 0 aliphatic carbocycles. The molecule has 0 spiro atoms. The second-order valence-corrected chi connectivity index (χ2v) is 3.53. The van der Waals surface area contributed by atoms with E-state index in [-0.39, 0.29) is 0 Å². The monoisotopic (exact) mass is 186 g/mol. The molecule has 0 aromatic heterocycles. The van der Waals surface area contributed by atoms with Gasteiger partial charge in [0.05, 0.1) is 11.6 Å². The summed E-state index contributed by atoms with van der Waals surface area (Å²) in [5.74, 6) is 0. The zero-order valence-electron chi connectivity index (χ0n) is 8.71. The number of nitrogens with zero attached hydrogens (tertiary/aromatic N) is 1. The van der Waals surface area contributed by atoms with Gasteiger partial charge in [0.1, 0.15) is 0 Å². The van der Waals surface area contributed by atoms with Crippen molar-refractivity contribution in [2.75, 3.05) is 0 Å². The maximum absolute atomic E-state index is 8.69. The average molecular weight is 186 g/mol. The molecule has 0 bridgehead atoms. The van der Waals surface area contributed by atoms with E-state index < -0.39 is 0 Å². The molecule has 0 atom stereocenters. The molecule has 0 saturated carbocycles. The van der Waals surface area contributed by atoms with Crippen LogP contribution in [0.25, 0.3) is 0 Å². The van der Waals surface area contributed by atoms with Gasteiger partial charge in [0.15, 0.2) is 0 Å². The predicted octanol–water partition coefficient (Wildman–Crippen LogP) is 3.48. The van der Waals surface area contributed by atoms with Crippen LogP contribution in [-0.2, 0) is 6.42 Å². The first-order valence-electron chi connectivity index (χ1n) is 5.27. The molecule has 0 unspecified atom stereocenters. The second kappa shape index (κ2) is 6.21. The lowest BCUT2D eigenvalue weighted by molar-refractivity contribution is 0.667. The SMILES string of the molecule is CCCCCCc1cc[c]c(C#N)c1. The van der Waals surface area contributed by atoms with Crippen LogP contribution >= 0.6 is 0 Å². The maximum atomic E-state index is 8.69. The van der Waals surface area contributed by atoms with Gasteiger partial charge in [-0.3, -0.25) is 0 Å². The number of benzene rings is 1. The molecule has 0 fully saturated rings. The molecule has 1 radical (unpaired) electrons. The Hall–Kier alpha value is -1.29. The Morgan fingerprint density at radius 1 is 1.36 bits per heavy atom. The summed E-state index contributed by atoms with van der Waals surface area (Å²) >= 11 is 0. The predicted molar refractivity (Wildman–Crippen MR) is 57.8 cm³/mol. The molecule has 73 valence electrons. The van der Waals surface area contributed by atoms with Gasteiger partial charge in [-0.15, -0.1) is 0 Å². The zero-order chi connectivity index (χ0) is 10.2. The smallest absolute Gasteiger partial charge is 0.0998 e. The first kappa shape index (κ1) is 10.8. The molecule has 0 aliphatic rings. The standard InChI is InChI=1S/C13H16N/c1-2-3-4-5-7-12-8-6-9-13(10-12)11-14/h6,8,10H,2-5,7H2,1H3. The Bertz CT molecular complexity index is 309. The molecule has 14 heavy (non-hydrogen) atoms.